The Bertz CT molecular complexity index is 1090. The van der Waals surface area contributed by atoms with E-state index in [1.165, 1.54) is 11.3 Å². The highest BCUT2D eigenvalue weighted by Crippen LogP contribution is 2.32. The number of hydrogen-bond donors (Lipinski definition) is 2. The summed E-state index contributed by atoms with van der Waals surface area (Å²) in [6.45, 7) is 0.146. The van der Waals surface area contributed by atoms with Gasteiger partial charge in [-0.2, -0.15) is 0 Å². The maximum absolute atomic E-state index is 12.5. The lowest BCUT2D eigenvalue weighted by molar-refractivity contribution is -0.125. The summed E-state index contributed by atoms with van der Waals surface area (Å²) in [6, 6.07) is 13.0. The molecule has 0 spiro atoms. The fourth-order valence-electron chi connectivity index (χ4n) is 3.19. The first-order valence-corrected chi connectivity index (χ1v) is 9.62. The number of nitrogens with one attached hydrogen (secondary N) is 2. The highest BCUT2D eigenvalue weighted by molar-refractivity contribution is 7.14. The van der Waals surface area contributed by atoms with Gasteiger partial charge in [0.1, 0.15) is 6.61 Å². The van der Waals surface area contributed by atoms with E-state index < -0.39 is 6.10 Å². The van der Waals surface area contributed by atoms with Crippen molar-refractivity contribution in [3.63, 3.8) is 0 Å². The smallest absolute Gasteiger partial charge is 0.270 e. The van der Waals surface area contributed by atoms with Gasteiger partial charge in [-0.25, -0.2) is 4.98 Å². The number of thiazole rings is 1. The molecule has 2 amide bonds. The summed E-state index contributed by atoms with van der Waals surface area (Å²) in [5, 5.41) is 7.95. The van der Waals surface area contributed by atoms with E-state index in [0.717, 1.165) is 22.5 Å². The van der Waals surface area contributed by atoms with Gasteiger partial charge in [0.15, 0.2) is 16.6 Å². The Morgan fingerprint density at radius 1 is 1.21 bits per heavy atom. The molecule has 0 unspecified atom stereocenters. The van der Waals surface area contributed by atoms with Gasteiger partial charge in [-0.1, -0.05) is 18.2 Å². The first kappa shape index (κ1) is 16.8. The van der Waals surface area contributed by atoms with Crippen molar-refractivity contribution in [3.8, 4) is 22.8 Å². The molecule has 5 rings (SSSR count). The van der Waals surface area contributed by atoms with Gasteiger partial charge in [-0.05, 0) is 29.8 Å². The van der Waals surface area contributed by atoms with Crippen LogP contribution in [0, 0.1) is 0 Å². The van der Waals surface area contributed by atoms with Gasteiger partial charge in [0.25, 0.3) is 5.91 Å². The third-order valence-electron chi connectivity index (χ3n) is 4.56. The number of para-hydroxylation sites is 2. The van der Waals surface area contributed by atoms with Gasteiger partial charge in [0.2, 0.25) is 12.0 Å². The number of benzene rings is 2. The Balaban J connectivity index is 1.29. The van der Waals surface area contributed by atoms with E-state index in [1.807, 2.05) is 35.7 Å². The lowest BCUT2D eigenvalue weighted by atomic mass is 10.1. The summed E-state index contributed by atoms with van der Waals surface area (Å²) in [6.07, 6.45) is -0.364. The van der Waals surface area contributed by atoms with Gasteiger partial charge >= 0.3 is 0 Å². The molecule has 0 bridgehead atoms. The second-order valence-corrected chi connectivity index (χ2v) is 7.35. The van der Waals surface area contributed by atoms with Crippen LogP contribution in [0.4, 0.5) is 10.8 Å². The third kappa shape index (κ3) is 3.07. The number of aromatic nitrogens is 1. The van der Waals surface area contributed by atoms with Gasteiger partial charge in [0.05, 0.1) is 12.1 Å². The fourth-order valence-corrected chi connectivity index (χ4v) is 3.91. The van der Waals surface area contributed by atoms with Crippen molar-refractivity contribution in [2.75, 3.05) is 17.2 Å². The summed E-state index contributed by atoms with van der Waals surface area (Å²) < 4.78 is 11.3. The molecule has 140 valence electrons. The summed E-state index contributed by atoms with van der Waals surface area (Å²) in [5.41, 5.74) is 3.44. The Morgan fingerprint density at radius 2 is 2.07 bits per heavy atom. The number of ether oxygens (including phenoxy) is 2. The monoisotopic (exact) mass is 393 g/mol. The van der Waals surface area contributed by atoms with Crippen molar-refractivity contribution >= 4 is 34.0 Å². The maximum atomic E-state index is 12.5. The first-order valence-electron chi connectivity index (χ1n) is 8.74. The molecule has 0 fully saturated rings. The molecule has 7 nitrogen and oxygen atoms in total. The minimum atomic E-state index is -0.737. The van der Waals surface area contributed by atoms with Crippen molar-refractivity contribution in [2.45, 2.75) is 12.5 Å². The lowest BCUT2D eigenvalue weighted by Crippen LogP contribution is -2.40. The van der Waals surface area contributed by atoms with Crippen molar-refractivity contribution in [2.24, 2.45) is 0 Å². The summed E-state index contributed by atoms with van der Waals surface area (Å²) in [5.74, 6) is 0.872. The van der Waals surface area contributed by atoms with Crippen LogP contribution in [0.25, 0.3) is 11.3 Å². The van der Waals surface area contributed by atoms with Gasteiger partial charge in [-0.3, -0.25) is 14.9 Å². The topological polar surface area (TPSA) is 89.6 Å². The Hall–Kier alpha value is -3.39. The van der Waals surface area contributed by atoms with E-state index in [-0.39, 0.29) is 18.4 Å². The molecule has 2 aliphatic rings. The number of anilines is 2. The van der Waals surface area contributed by atoms with Crippen LogP contribution < -0.4 is 20.1 Å². The minimum absolute atomic E-state index is 0.00495. The molecule has 2 aromatic carbocycles. The highest BCUT2D eigenvalue weighted by atomic mass is 32.1. The molecule has 28 heavy (non-hydrogen) atoms. The van der Waals surface area contributed by atoms with Crippen LogP contribution in [0.2, 0.25) is 0 Å². The van der Waals surface area contributed by atoms with E-state index in [4.69, 9.17) is 9.47 Å². The highest BCUT2D eigenvalue weighted by Gasteiger charge is 2.28. The molecule has 8 heteroatoms. The minimum Gasteiger partial charge on any atom is -0.485 e. The van der Waals surface area contributed by atoms with Crippen LogP contribution in [-0.2, 0) is 16.0 Å². The lowest BCUT2D eigenvalue weighted by Gasteiger charge is -2.25. The summed E-state index contributed by atoms with van der Waals surface area (Å²) in [7, 11) is 0. The number of hydrogen-bond acceptors (Lipinski definition) is 6. The Kier molecular flexibility index (Phi) is 3.98. The van der Waals surface area contributed by atoms with Crippen molar-refractivity contribution in [1.29, 1.82) is 0 Å². The van der Waals surface area contributed by atoms with Gasteiger partial charge in [-0.15, -0.1) is 11.3 Å². The maximum Gasteiger partial charge on any atom is 0.270 e. The average molecular weight is 393 g/mol. The molecule has 2 N–H and O–H groups in total. The van der Waals surface area contributed by atoms with Crippen LogP contribution >= 0.6 is 11.3 Å². The Morgan fingerprint density at radius 3 is 2.96 bits per heavy atom. The molecule has 0 aliphatic carbocycles. The number of rotatable bonds is 3. The number of amides is 2. The molecular formula is C20H15N3O4S. The summed E-state index contributed by atoms with van der Waals surface area (Å²) in [4.78, 5) is 28.5. The van der Waals surface area contributed by atoms with Crippen LogP contribution in [0.5, 0.6) is 11.5 Å². The quantitative estimate of drug-likeness (QED) is 0.714. The number of fused-ring (bicyclic) bond motifs is 2. The van der Waals surface area contributed by atoms with Crippen molar-refractivity contribution < 1.29 is 19.1 Å². The number of nitrogens with zero attached hydrogens (tertiary/aromatic N) is 1. The van der Waals surface area contributed by atoms with E-state index >= 15 is 0 Å². The zero-order chi connectivity index (χ0) is 19.1. The predicted octanol–water partition coefficient (Wildman–Crippen LogP) is 3.08. The fraction of sp³-hybridized carbons (Fsp3) is 0.150. The molecule has 1 atom stereocenters. The molecular weight excluding hydrogens is 378 g/mol. The first-order chi connectivity index (χ1) is 13.7. The standard InChI is InChI=1S/C20H15N3O4S/c24-18-8-12-7-11(5-6-13(12)21-18)14-10-28-20(22-14)23-19(25)17-9-26-15-3-1-2-4-16(15)27-17/h1-7,10,17H,8-9H2,(H,21,24)(H,22,23,25)/t17-/m1/s1. The predicted molar refractivity (Wildman–Crippen MR) is 105 cm³/mol. The number of carbonyl (C=O) groups is 2. The van der Waals surface area contributed by atoms with Crippen LogP contribution in [0.3, 0.4) is 0 Å². The van der Waals surface area contributed by atoms with Gasteiger partial charge in [0, 0.05) is 16.6 Å². The van der Waals surface area contributed by atoms with Crippen LogP contribution in [-0.4, -0.2) is 29.5 Å². The van der Waals surface area contributed by atoms with Crippen molar-refractivity contribution in [1.82, 2.24) is 4.98 Å². The van der Waals surface area contributed by atoms with E-state index in [1.54, 1.807) is 12.1 Å². The zero-order valence-electron chi connectivity index (χ0n) is 14.6. The summed E-state index contributed by atoms with van der Waals surface area (Å²) >= 11 is 1.33. The largest absolute Gasteiger partial charge is 0.485 e. The average Bonchev–Trinajstić information content (AvgIpc) is 3.32. The van der Waals surface area contributed by atoms with E-state index in [2.05, 4.69) is 15.6 Å². The number of carbonyl (C=O) groups excluding carboxylic acids is 2. The van der Waals surface area contributed by atoms with Crippen LogP contribution in [0.1, 0.15) is 5.56 Å². The van der Waals surface area contributed by atoms with Crippen LogP contribution in [0.15, 0.2) is 47.8 Å². The molecule has 3 aromatic rings. The second-order valence-electron chi connectivity index (χ2n) is 6.49. The third-order valence-corrected chi connectivity index (χ3v) is 5.32. The molecule has 0 saturated carbocycles. The molecule has 1 aromatic heterocycles. The SMILES string of the molecule is O=C1Cc2cc(-c3csc(NC(=O)[C@H]4COc5ccccc5O4)n3)ccc2N1. The second kappa shape index (κ2) is 6.65. The molecule has 2 aliphatic heterocycles. The molecule has 0 saturated heterocycles. The zero-order valence-corrected chi connectivity index (χ0v) is 15.4. The normalized spacial score (nSPS) is 17.0. The van der Waals surface area contributed by atoms with E-state index in [0.29, 0.717) is 23.1 Å². The Labute approximate surface area is 164 Å². The molecule has 3 heterocycles. The molecule has 0 radical (unpaired) electrons. The van der Waals surface area contributed by atoms with Gasteiger partial charge < -0.3 is 14.8 Å². The van der Waals surface area contributed by atoms with Crippen molar-refractivity contribution in [3.05, 3.63) is 53.4 Å². The van der Waals surface area contributed by atoms with E-state index in [9.17, 15) is 9.59 Å².